The molecule has 8 heteroatoms. The van der Waals surface area contributed by atoms with Crippen molar-refractivity contribution in [2.24, 2.45) is 0 Å². The number of para-hydroxylation sites is 1. The number of hydrogen-bond acceptors (Lipinski definition) is 5. The maximum Gasteiger partial charge on any atom is 0.244 e. The third-order valence-electron chi connectivity index (χ3n) is 5.47. The minimum atomic E-state index is -3.43. The summed E-state index contributed by atoms with van der Waals surface area (Å²) in [5.74, 6) is 0.816. The van der Waals surface area contributed by atoms with Gasteiger partial charge in [0.05, 0.1) is 10.7 Å². The molecular weight excluding hydrogens is 396 g/mol. The molecule has 2 saturated heterocycles. The highest BCUT2D eigenvalue weighted by Crippen LogP contribution is 2.27. The van der Waals surface area contributed by atoms with E-state index in [2.05, 4.69) is 14.8 Å². The van der Waals surface area contributed by atoms with Crippen LogP contribution in [0.15, 0.2) is 47.5 Å². The van der Waals surface area contributed by atoms with Gasteiger partial charge in [0.1, 0.15) is 10.7 Å². The lowest BCUT2D eigenvalue weighted by molar-refractivity contribution is 0.346. The van der Waals surface area contributed by atoms with Crippen LogP contribution in [0, 0.1) is 0 Å². The van der Waals surface area contributed by atoms with Gasteiger partial charge in [-0.3, -0.25) is 0 Å². The molecule has 0 spiro atoms. The van der Waals surface area contributed by atoms with Crippen LogP contribution in [0.1, 0.15) is 19.3 Å². The lowest BCUT2D eigenvalue weighted by Gasteiger charge is -2.37. The van der Waals surface area contributed by atoms with Gasteiger partial charge >= 0.3 is 0 Å². The number of rotatable bonds is 4. The standard InChI is InChI=1S/C20H25ClN4O2S/c21-18-6-2-3-7-19(18)23-12-14-24(15-13-23)20-9-8-17(16-22-20)28(26,27)25-10-4-1-5-11-25/h2-3,6-9,16H,1,4-5,10-15H2. The van der Waals surface area contributed by atoms with E-state index in [-0.39, 0.29) is 4.90 Å². The first-order chi connectivity index (χ1) is 13.6. The van der Waals surface area contributed by atoms with Crippen molar-refractivity contribution in [1.29, 1.82) is 0 Å². The SMILES string of the molecule is O=S(=O)(c1ccc(N2CCN(c3ccccc3Cl)CC2)nc1)N1CCCCC1. The number of halogens is 1. The summed E-state index contributed by atoms with van der Waals surface area (Å²) in [6.07, 6.45) is 4.46. The predicted molar refractivity (Wildman–Crippen MR) is 113 cm³/mol. The Labute approximate surface area is 171 Å². The molecule has 2 aliphatic rings. The summed E-state index contributed by atoms with van der Waals surface area (Å²) < 4.78 is 27.1. The summed E-state index contributed by atoms with van der Waals surface area (Å²) in [5, 5.41) is 0.765. The van der Waals surface area contributed by atoms with E-state index in [0.29, 0.717) is 13.1 Å². The second-order valence-electron chi connectivity index (χ2n) is 7.24. The number of benzene rings is 1. The highest BCUT2D eigenvalue weighted by Gasteiger charge is 2.27. The second kappa shape index (κ2) is 8.27. The van der Waals surface area contributed by atoms with Crippen LogP contribution in [0.4, 0.5) is 11.5 Å². The first-order valence-corrected chi connectivity index (χ1v) is 11.6. The fourth-order valence-corrected chi connectivity index (χ4v) is 5.57. The number of piperazine rings is 1. The highest BCUT2D eigenvalue weighted by molar-refractivity contribution is 7.89. The molecule has 3 heterocycles. The molecule has 2 aliphatic heterocycles. The molecule has 28 heavy (non-hydrogen) atoms. The highest BCUT2D eigenvalue weighted by atomic mass is 35.5. The smallest absolute Gasteiger partial charge is 0.244 e. The maximum absolute atomic E-state index is 12.8. The average Bonchev–Trinajstić information content (AvgIpc) is 2.75. The molecular formula is C20H25ClN4O2S. The molecule has 0 unspecified atom stereocenters. The van der Waals surface area contributed by atoms with Gasteiger partial charge in [0.25, 0.3) is 0 Å². The molecule has 0 saturated carbocycles. The van der Waals surface area contributed by atoms with Gasteiger partial charge in [0.2, 0.25) is 10.0 Å². The zero-order valence-corrected chi connectivity index (χ0v) is 17.4. The minimum absolute atomic E-state index is 0.285. The maximum atomic E-state index is 12.8. The molecule has 6 nitrogen and oxygen atoms in total. The molecule has 1 aromatic heterocycles. The average molecular weight is 421 g/mol. The van der Waals surface area contributed by atoms with Crippen LogP contribution in [-0.2, 0) is 10.0 Å². The zero-order chi connectivity index (χ0) is 19.6. The molecule has 150 valence electrons. The van der Waals surface area contributed by atoms with Crippen LogP contribution in [0.2, 0.25) is 5.02 Å². The van der Waals surface area contributed by atoms with Crippen LogP contribution in [0.3, 0.4) is 0 Å². The van der Waals surface area contributed by atoms with Gasteiger partial charge in [-0.05, 0) is 37.1 Å². The van der Waals surface area contributed by atoms with Crippen molar-refractivity contribution >= 4 is 33.1 Å². The van der Waals surface area contributed by atoms with Crippen molar-refractivity contribution in [1.82, 2.24) is 9.29 Å². The second-order valence-corrected chi connectivity index (χ2v) is 9.59. The Morgan fingerprint density at radius 2 is 1.50 bits per heavy atom. The lowest BCUT2D eigenvalue weighted by atomic mass is 10.2. The van der Waals surface area contributed by atoms with Gasteiger partial charge in [-0.2, -0.15) is 4.31 Å². The Kier molecular flexibility index (Phi) is 5.75. The summed E-state index contributed by atoms with van der Waals surface area (Å²) in [7, 11) is -3.43. The van der Waals surface area contributed by atoms with E-state index in [1.165, 1.54) is 6.20 Å². The topological polar surface area (TPSA) is 56.8 Å². The molecule has 0 atom stereocenters. The molecule has 0 radical (unpaired) electrons. The number of piperidine rings is 1. The van der Waals surface area contributed by atoms with Gasteiger partial charge < -0.3 is 9.80 Å². The van der Waals surface area contributed by atoms with Gasteiger partial charge in [-0.25, -0.2) is 13.4 Å². The Hall–Kier alpha value is -1.83. The monoisotopic (exact) mass is 420 g/mol. The van der Waals surface area contributed by atoms with E-state index in [4.69, 9.17) is 11.6 Å². The first kappa shape index (κ1) is 19.5. The van der Waals surface area contributed by atoms with Crippen LogP contribution in [-0.4, -0.2) is 57.0 Å². The number of anilines is 2. The largest absolute Gasteiger partial charge is 0.367 e. The Morgan fingerprint density at radius 3 is 2.14 bits per heavy atom. The summed E-state index contributed by atoms with van der Waals surface area (Å²) in [6, 6.07) is 11.4. The molecule has 4 rings (SSSR count). The quantitative estimate of drug-likeness (QED) is 0.760. The van der Waals surface area contributed by atoms with Gasteiger partial charge in [-0.15, -0.1) is 0 Å². The molecule has 2 fully saturated rings. The van der Waals surface area contributed by atoms with Crippen molar-refractivity contribution < 1.29 is 8.42 Å². The number of aromatic nitrogens is 1. The van der Waals surface area contributed by atoms with Crippen molar-refractivity contribution in [2.75, 3.05) is 49.1 Å². The predicted octanol–water partition coefficient (Wildman–Crippen LogP) is 3.24. The van der Waals surface area contributed by atoms with Gasteiger partial charge in [0, 0.05) is 45.5 Å². The van der Waals surface area contributed by atoms with E-state index >= 15 is 0 Å². The fraction of sp³-hybridized carbons (Fsp3) is 0.450. The van der Waals surface area contributed by atoms with E-state index in [0.717, 1.165) is 62.0 Å². The minimum Gasteiger partial charge on any atom is -0.367 e. The summed E-state index contributed by atoms with van der Waals surface area (Å²) >= 11 is 6.31. The number of sulfonamides is 1. The summed E-state index contributed by atoms with van der Waals surface area (Å²) in [5.41, 5.74) is 1.06. The van der Waals surface area contributed by atoms with Crippen LogP contribution >= 0.6 is 11.6 Å². The summed E-state index contributed by atoms with van der Waals surface area (Å²) in [4.78, 5) is 9.20. The summed E-state index contributed by atoms with van der Waals surface area (Å²) in [6.45, 7) is 4.54. The molecule has 2 aromatic rings. The van der Waals surface area contributed by atoms with Crippen molar-refractivity contribution in [3.63, 3.8) is 0 Å². The third kappa shape index (κ3) is 3.97. The van der Waals surface area contributed by atoms with Gasteiger partial charge in [0.15, 0.2) is 0 Å². The van der Waals surface area contributed by atoms with Crippen molar-refractivity contribution in [2.45, 2.75) is 24.2 Å². The molecule has 0 bridgehead atoms. The molecule has 0 amide bonds. The molecule has 0 N–H and O–H groups in total. The van der Waals surface area contributed by atoms with Crippen LogP contribution < -0.4 is 9.80 Å². The number of hydrogen-bond donors (Lipinski definition) is 0. The van der Waals surface area contributed by atoms with Crippen molar-refractivity contribution in [3.8, 4) is 0 Å². The van der Waals surface area contributed by atoms with E-state index < -0.39 is 10.0 Å². The van der Waals surface area contributed by atoms with Crippen molar-refractivity contribution in [3.05, 3.63) is 47.6 Å². The number of nitrogens with zero attached hydrogens (tertiary/aromatic N) is 4. The number of pyridine rings is 1. The fourth-order valence-electron chi connectivity index (χ4n) is 3.85. The Morgan fingerprint density at radius 1 is 0.821 bits per heavy atom. The Balaban J connectivity index is 1.42. The molecule has 0 aliphatic carbocycles. The van der Waals surface area contributed by atoms with E-state index in [9.17, 15) is 8.42 Å². The third-order valence-corrected chi connectivity index (χ3v) is 7.67. The van der Waals surface area contributed by atoms with E-state index in [1.54, 1.807) is 10.4 Å². The molecule has 1 aromatic carbocycles. The van der Waals surface area contributed by atoms with Gasteiger partial charge in [-0.1, -0.05) is 30.2 Å². The first-order valence-electron chi connectivity index (χ1n) is 9.76. The van der Waals surface area contributed by atoms with Crippen LogP contribution in [0.5, 0.6) is 0 Å². The lowest BCUT2D eigenvalue weighted by Crippen LogP contribution is -2.47. The van der Waals surface area contributed by atoms with Crippen LogP contribution in [0.25, 0.3) is 0 Å². The normalized spacial score (nSPS) is 19.0. The Bertz CT molecular complexity index is 906. The zero-order valence-electron chi connectivity index (χ0n) is 15.8. The van der Waals surface area contributed by atoms with E-state index in [1.807, 2.05) is 30.3 Å².